The van der Waals surface area contributed by atoms with Crippen LogP contribution in [0.1, 0.15) is 53.4 Å². The van der Waals surface area contributed by atoms with Gasteiger partial charge in [0.15, 0.2) is 17.6 Å². The summed E-state index contributed by atoms with van der Waals surface area (Å²) < 4.78 is 20.8. The number of halogens is 2. The summed E-state index contributed by atoms with van der Waals surface area (Å²) in [6.07, 6.45) is 4.83. The van der Waals surface area contributed by atoms with Crippen molar-refractivity contribution in [2.24, 2.45) is 5.92 Å². The summed E-state index contributed by atoms with van der Waals surface area (Å²) in [5.41, 5.74) is 4.57. The fraction of sp³-hybridized carbons (Fsp3) is 0.394. The first-order valence-electron chi connectivity index (χ1n) is 14.2. The van der Waals surface area contributed by atoms with Crippen LogP contribution in [0.3, 0.4) is 0 Å². The van der Waals surface area contributed by atoms with Crippen LogP contribution in [0.5, 0.6) is 11.5 Å². The predicted molar refractivity (Wildman–Crippen MR) is 156 cm³/mol. The number of rotatable bonds is 5. The van der Waals surface area contributed by atoms with Crippen molar-refractivity contribution in [3.05, 3.63) is 93.7 Å². The second-order valence-corrected chi connectivity index (χ2v) is 12.7. The molecule has 0 radical (unpaired) electrons. The summed E-state index contributed by atoms with van der Waals surface area (Å²) >= 11 is 6.39. The number of piperidine rings is 1. The van der Waals surface area contributed by atoms with E-state index < -0.39 is 11.0 Å². The highest BCUT2D eigenvalue weighted by atomic mass is 35.5. The number of benzene rings is 3. The van der Waals surface area contributed by atoms with Gasteiger partial charge in [-0.1, -0.05) is 48.0 Å². The first kappa shape index (κ1) is 25.0. The van der Waals surface area contributed by atoms with Crippen molar-refractivity contribution < 1.29 is 19.0 Å². The van der Waals surface area contributed by atoms with Crippen molar-refractivity contribution in [1.29, 1.82) is 0 Å². The van der Waals surface area contributed by atoms with Crippen molar-refractivity contribution in [3.63, 3.8) is 0 Å². The third-order valence-electron chi connectivity index (χ3n) is 10.3. The second kappa shape index (κ2) is 8.65. The number of nitrogens with zero attached hydrogens (tertiary/aromatic N) is 1. The van der Waals surface area contributed by atoms with E-state index in [0.29, 0.717) is 12.4 Å². The van der Waals surface area contributed by atoms with Gasteiger partial charge in [-0.2, -0.15) is 0 Å². The van der Waals surface area contributed by atoms with Crippen LogP contribution in [0.4, 0.5) is 0 Å². The molecule has 40 heavy (non-hydrogen) atoms. The van der Waals surface area contributed by atoms with Crippen LogP contribution in [-0.4, -0.2) is 34.7 Å². The van der Waals surface area contributed by atoms with Gasteiger partial charge in [0.25, 0.3) is 0 Å². The quantitative estimate of drug-likeness (QED) is 0.274. The first-order valence-corrected chi connectivity index (χ1v) is 14.6. The number of furan rings is 1. The minimum atomic E-state index is -0.543. The van der Waals surface area contributed by atoms with Gasteiger partial charge in [0.05, 0.1) is 12.0 Å². The predicted octanol–water partition coefficient (Wildman–Crippen LogP) is 7.14. The molecule has 4 aromatic rings. The smallest absolute Gasteiger partial charge is 0.169 e. The Kier molecular flexibility index (Phi) is 5.42. The number of ether oxygens (including phenoxy) is 2. The average Bonchev–Trinajstić information content (AvgIpc) is 3.58. The molecule has 9 rings (SSSR count). The van der Waals surface area contributed by atoms with E-state index in [-0.39, 0.29) is 30.3 Å². The molecule has 1 N–H and O–H groups in total. The van der Waals surface area contributed by atoms with Crippen molar-refractivity contribution in [2.75, 3.05) is 13.1 Å². The molecule has 3 heterocycles. The molecule has 5 aliphatic rings. The molecule has 0 amide bonds. The van der Waals surface area contributed by atoms with Gasteiger partial charge in [-0.3, -0.25) is 4.90 Å². The molecule has 2 bridgehead atoms. The molecule has 3 aromatic carbocycles. The topological polar surface area (TPSA) is 55.1 Å². The minimum Gasteiger partial charge on any atom is -0.504 e. The summed E-state index contributed by atoms with van der Waals surface area (Å²) in [5.74, 6) is 2.51. The molecule has 1 saturated carbocycles. The van der Waals surface area contributed by atoms with E-state index in [4.69, 9.17) is 25.5 Å². The molecule has 1 aromatic heterocycles. The maximum atomic E-state index is 11.1. The summed E-state index contributed by atoms with van der Waals surface area (Å²) in [5, 5.41) is 12.9. The van der Waals surface area contributed by atoms with Crippen LogP contribution in [-0.2, 0) is 29.6 Å². The Balaban J connectivity index is 0.00000245. The Morgan fingerprint density at radius 2 is 1.95 bits per heavy atom. The molecule has 4 atom stereocenters. The molecule has 2 aliphatic heterocycles. The third-order valence-corrected chi connectivity index (χ3v) is 10.5. The fourth-order valence-electron chi connectivity index (χ4n) is 8.50. The van der Waals surface area contributed by atoms with Gasteiger partial charge < -0.3 is 19.0 Å². The van der Waals surface area contributed by atoms with E-state index in [2.05, 4.69) is 29.2 Å². The number of phenols is 1. The lowest BCUT2D eigenvalue weighted by molar-refractivity contribution is -0.212. The standard InChI is InChI=1S/C33H30ClNO4.ClH/c34-22-5-3-4-20(14-22)18-37-33-16-24-23-6-1-2-7-26(23)38-29(24)31-32(33)12-13-35(17-19-8-9-19)27(33)15-21-10-11-25(36)30(39-31)28(21)32;/h1-7,10-11,14,19,27,31,36H,8-9,12-13,15-18H2;1H/t27-,31-,32-,33+;/m0./s1. The van der Waals surface area contributed by atoms with Gasteiger partial charge in [-0.25, -0.2) is 0 Å². The summed E-state index contributed by atoms with van der Waals surface area (Å²) in [7, 11) is 0. The lowest BCUT2D eigenvalue weighted by Gasteiger charge is -2.64. The zero-order valence-corrected chi connectivity index (χ0v) is 23.6. The Bertz CT molecular complexity index is 1660. The lowest BCUT2D eigenvalue weighted by Crippen LogP contribution is -2.75. The SMILES string of the molecule is Cl.Oc1ccc2c3c1O[C@H]1c4oc5ccccc5c4C[C@@]4(OCc5cccc(Cl)c5)[C@H](C2)N(CC2CC2)CC[C@]314. The number of para-hydroxylation sites is 1. The first-order chi connectivity index (χ1) is 19.1. The zero-order valence-electron chi connectivity index (χ0n) is 22.1. The maximum Gasteiger partial charge on any atom is 0.169 e. The molecular formula is C33H31Cl2NO4. The van der Waals surface area contributed by atoms with E-state index in [1.807, 2.05) is 36.4 Å². The van der Waals surface area contributed by atoms with E-state index >= 15 is 0 Å². The van der Waals surface area contributed by atoms with Crippen LogP contribution in [0.2, 0.25) is 5.02 Å². The van der Waals surface area contributed by atoms with Crippen molar-refractivity contribution in [1.82, 2.24) is 4.90 Å². The Morgan fingerprint density at radius 3 is 2.80 bits per heavy atom. The molecular weight excluding hydrogens is 545 g/mol. The van der Waals surface area contributed by atoms with Gasteiger partial charge >= 0.3 is 0 Å². The summed E-state index contributed by atoms with van der Waals surface area (Å²) in [4.78, 5) is 2.72. The molecule has 2 fully saturated rings. The second-order valence-electron chi connectivity index (χ2n) is 12.3. The number of phenolic OH excluding ortho intramolecular Hbond substituents is 1. The monoisotopic (exact) mass is 575 g/mol. The van der Waals surface area contributed by atoms with Crippen LogP contribution < -0.4 is 4.74 Å². The number of aromatic hydroxyl groups is 1. The highest BCUT2D eigenvalue weighted by molar-refractivity contribution is 6.30. The third kappa shape index (κ3) is 3.18. The van der Waals surface area contributed by atoms with E-state index in [1.165, 1.54) is 24.0 Å². The number of fused-ring (bicyclic) bond motifs is 4. The average molecular weight is 577 g/mol. The molecule has 1 saturated heterocycles. The Labute approximate surface area is 244 Å². The van der Waals surface area contributed by atoms with Gasteiger partial charge in [0.1, 0.15) is 16.9 Å². The summed E-state index contributed by atoms with van der Waals surface area (Å²) in [6.45, 7) is 2.58. The number of hydrogen-bond donors (Lipinski definition) is 1. The summed E-state index contributed by atoms with van der Waals surface area (Å²) in [6, 6.07) is 20.4. The van der Waals surface area contributed by atoms with Crippen LogP contribution in [0.15, 0.2) is 65.1 Å². The zero-order chi connectivity index (χ0) is 25.9. The van der Waals surface area contributed by atoms with Crippen LogP contribution in [0.25, 0.3) is 11.0 Å². The van der Waals surface area contributed by atoms with Gasteiger partial charge in [0, 0.05) is 40.5 Å². The van der Waals surface area contributed by atoms with Crippen molar-refractivity contribution >= 4 is 35.0 Å². The molecule has 0 unspecified atom stereocenters. The highest BCUT2D eigenvalue weighted by Crippen LogP contribution is 2.70. The van der Waals surface area contributed by atoms with Gasteiger partial charge in [-0.05, 0) is 73.5 Å². The Hall–Kier alpha value is -2.70. The molecule has 5 nitrogen and oxygen atoms in total. The number of likely N-dealkylation sites (tertiary alicyclic amines) is 1. The van der Waals surface area contributed by atoms with Gasteiger partial charge in [-0.15, -0.1) is 12.4 Å². The Morgan fingerprint density at radius 1 is 1.07 bits per heavy atom. The van der Waals surface area contributed by atoms with Gasteiger partial charge in [0.2, 0.25) is 0 Å². The molecule has 3 aliphatic carbocycles. The number of hydrogen-bond acceptors (Lipinski definition) is 5. The van der Waals surface area contributed by atoms with Crippen LogP contribution in [0, 0.1) is 5.92 Å². The van der Waals surface area contributed by atoms with E-state index in [1.54, 1.807) is 0 Å². The normalized spacial score (nSPS) is 29.4. The van der Waals surface area contributed by atoms with E-state index in [9.17, 15) is 5.11 Å². The van der Waals surface area contributed by atoms with Crippen molar-refractivity contribution in [3.8, 4) is 11.5 Å². The largest absolute Gasteiger partial charge is 0.504 e. The molecule has 7 heteroatoms. The lowest BCUT2D eigenvalue weighted by atomic mass is 9.49. The minimum absolute atomic E-state index is 0. The molecule has 206 valence electrons. The van der Waals surface area contributed by atoms with E-state index in [0.717, 1.165) is 71.1 Å². The maximum absolute atomic E-state index is 11.1. The van der Waals surface area contributed by atoms with Crippen molar-refractivity contribution in [2.45, 2.75) is 61.9 Å². The van der Waals surface area contributed by atoms with Crippen LogP contribution >= 0.6 is 24.0 Å². The fourth-order valence-corrected chi connectivity index (χ4v) is 8.72. The molecule has 1 spiro atoms. The highest BCUT2D eigenvalue weighted by Gasteiger charge is 2.74.